The zero-order chi connectivity index (χ0) is 14.7. The molecule has 0 fully saturated rings. The molecule has 0 aliphatic rings. The second kappa shape index (κ2) is 5.37. The van der Waals surface area contributed by atoms with Crippen LogP contribution in [0, 0.1) is 0 Å². The number of aromatic nitrogens is 4. The molecule has 0 bridgehead atoms. The highest BCUT2D eigenvalue weighted by molar-refractivity contribution is 6.05. The van der Waals surface area contributed by atoms with E-state index in [1.807, 2.05) is 30.3 Å². The number of anilines is 2. The zero-order valence-corrected chi connectivity index (χ0v) is 10.7. The van der Waals surface area contributed by atoms with E-state index < -0.39 is 5.91 Å². The van der Waals surface area contributed by atoms with Gasteiger partial charge in [0, 0.05) is 5.56 Å². The van der Waals surface area contributed by atoms with Gasteiger partial charge in [0.1, 0.15) is 0 Å². The molecule has 1 amide bonds. The molecule has 0 spiro atoms. The minimum atomic E-state index is -0.537. The molecular weight excluding hydrogens is 272 g/mol. The molecule has 2 heterocycles. The van der Waals surface area contributed by atoms with Crippen molar-refractivity contribution >= 4 is 17.4 Å². The van der Waals surface area contributed by atoms with Crippen LogP contribution in [0.3, 0.4) is 0 Å². The summed E-state index contributed by atoms with van der Waals surface area (Å²) in [5.41, 5.74) is 6.66. The van der Waals surface area contributed by atoms with Gasteiger partial charge in [-0.05, 0) is 10.3 Å². The van der Waals surface area contributed by atoms with E-state index in [2.05, 4.69) is 30.2 Å². The Hall–Kier alpha value is -3.29. The van der Waals surface area contributed by atoms with Crippen molar-refractivity contribution in [3.63, 3.8) is 0 Å². The van der Waals surface area contributed by atoms with Crippen LogP contribution in [0.25, 0.3) is 11.4 Å². The van der Waals surface area contributed by atoms with E-state index in [4.69, 9.17) is 5.73 Å². The van der Waals surface area contributed by atoms with E-state index in [1.165, 1.54) is 12.4 Å². The fraction of sp³-hybridized carbons (Fsp3) is 0. The maximum Gasteiger partial charge on any atom is 0.281 e. The summed E-state index contributed by atoms with van der Waals surface area (Å²) in [4.78, 5) is 20.2. The van der Waals surface area contributed by atoms with Gasteiger partial charge >= 0.3 is 0 Å². The number of nitrogens with one attached hydrogen (secondary N) is 1. The van der Waals surface area contributed by atoms with Gasteiger partial charge in [0.2, 0.25) is 11.5 Å². The van der Waals surface area contributed by atoms with E-state index in [9.17, 15) is 4.79 Å². The van der Waals surface area contributed by atoms with Crippen LogP contribution in [0.5, 0.6) is 0 Å². The van der Waals surface area contributed by atoms with Gasteiger partial charge in [-0.1, -0.05) is 30.3 Å². The predicted octanol–water partition coefficient (Wildman–Crippen LogP) is 1.36. The number of nitrogen functional groups attached to an aromatic ring is 1. The third-order valence-corrected chi connectivity index (χ3v) is 2.67. The molecule has 3 aromatic rings. The fourth-order valence-corrected chi connectivity index (χ4v) is 1.67. The average Bonchev–Trinajstić information content (AvgIpc) is 2.95. The standard InChI is InChI=1S/C13H10N6O2/c14-11-10(18-21-19-11)13(20)17-9-6-15-12(16-7-9)8-4-2-1-3-5-8/h1-7H,(H2,14,19)(H,17,20). The molecule has 104 valence electrons. The Labute approximate surface area is 119 Å². The Morgan fingerprint density at radius 1 is 1.10 bits per heavy atom. The van der Waals surface area contributed by atoms with E-state index >= 15 is 0 Å². The summed E-state index contributed by atoms with van der Waals surface area (Å²) in [5, 5.41) is 9.30. The lowest BCUT2D eigenvalue weighted by molar-refractivity contribution is 0.101. The third kappa shape index (κ3) is 2.68. The van der Waals surface area contributed by atoms with Crippen molar-refractivity contribution in [2.45, 2.75) is 0 Å². The van der Waals surface area contributed by atoms with Crippen molar-refractivity contribution in [3.8, 4) is 11.4 Å². The molecule has 3 N–H and O–H groups in total. The minimum absolute atomic E-state index is 0.0747. The Bertz CT molecular complexity index is 754. The highest BCUT2D eigenvalue weighted by Gasteiger charge is 2.16. The SMILES string of the molecule is Nc1nonc1C(=O)Nc1cnc(-c2ccccc2)nc1. The molecule has 0 saturated carbocycles. The van der Waals surface area contributed by atoms with Crippen LogP contribution >= 0.6 is 0 Å². The quantitative estimate of drug-likeness (QED) is 0.744. The Balaban J connectivity index is 1.76. The van der Waals surface area contributed by atoms with Crippen molar-refractivity contribution in [2.24, 2.45) is 0 Å². The molecule has 8 heteroatoms. The second-order valence-corrected chi connectivity index (χ2v) is 4.11. The van der Waals surface area contributed by atoms with E-state index in [0.717, 1.165) is 5.56 Å². The molecule has 2 aromatic heterocycles. The summed E-state index contributed by atoms with van der Waals surface area (Å²) in [7, 11) is 0. The van der Waals surface area contributed by atoms with Crippen LogP contribution in [-0.4, -0.2) is 26.2 Å². The number of amides is 1. The first kappa shape index (κ1) is 12.7. The van der Waals surface area contributed by atoms with Crippen LogP contribution in [0.15, 0.2) is 47.4 Å². The van der Waals surface area contributed by atoms with Crippen LogP contribution in [0.1, 0.15) is 10.5 Å². The first-order valence-electron chi connectivity index (χ1n) is 6.01. The molecule has 0 aliphatic carbocycles. The second-order valence-electron chi connectivity index (χ2n) is 4.11. The van der Waals surface area contributed by atoms with Crippen molar-refractivity contribution in [1.82, 2.24) is 20.3 Å². The number of carbonyl (C=O) groups excluding carboxylic acids is 1. The van der Waals surface area contributed by atoms with Crippen LogP contribution < -0.4 is 11.1 Å². The van der Waals surface area contributed by atoms with Crippen molar-refractivity contribution < 1.29 is 9.42 Å². The minimum Gasteiger partial charge on any atom is -0.379 e. The summed E-state index contributed by atoms with van der Waals surface area (Å²) in [6, 6.07) is 9.50. The van der Waals surface area contributed by atoms with Crippen molar-refractivity contribution in [3.05, 3.63) is 48.4 Å². The van der Waals surface area contributed by atoms with E-state index in [1.54, 1.807) is 0 Å². The average molecular weight is 282 g/mol. The highest BCUT2D eigenvalue weighted by atomic mass is 16.6. The molecule has 3 rings (SSSR count). The molecule has 8 nitrogen and oxygen atoms in total. The van der Waals surface area contributed by atoms with Crippen molar-refractivity contribution in [2.75, 3.05) is 11.1 Å². The van der Waals surface area contributed by atoms with Gasteiger partial charge in [0.05, 0.1) is 18.1 Å². The zero-order valence-electron chi connectivity index (χ0n) is 10.7. The molecule has 0 unspecified atom stereocenters. The molecule has 0 radical (unpaired) electrons. The summed E-state index contributed by atoms with van der Waals surface area (Å²) in [6.45, 7) is 0. The summed E-state index contributed by atoms with van der Waals surface area (Å²) in [6.07, 6.45) is 2.99. The Morgan fingerprint density at radius 3 is 2.43 bits per heavy atom. The molecule has 0 aliphatic heterocycles. The lowest BCUT2D eigenvalue weighted by atomic mass is 10.2. The monoisotopic (exact) mass is 282 g/mol. The maximum absolute atomic E-state index is 11.8. The van der Waals surface area contributed by atoms with Crippen LogP contribution in [-0.2, 0) is 0 Å². The van der Waals surface area contributed by atoms with Crippen LogP contribution in [0.2, 0.25) is 0 Å². The largest absolute Gasteiger partial charge is 0.379 e. The highest BCUT2D eigenvalue weighted by Crippen LogP contribution is 2.15. The number of rotatable bonds is 3. The number of hydrogen-bond acceptors (Lipinski definition) is 7. The maximum atomic E-state index is 11.8. The molecule has 0 saturated heterocycles. The van der Waals surface area contributed by atoms with Crippen molar-refractivity contribution in [1.29, 1.82) is 0 Å². The van der Waals surface area contributed by atoms with Gasteiger partial charge in [-0.25, -0.2) is 14.6 Å². The van der Waals surface area contributed by atoms with Gasteiger partial charge in [-0.2, -0.15) is 0 Å². The predicted molar refractivity (Wildman–Crippen MR) is 74.1 cm³/mol. The van der Waals surface area contributed by atoms with E-state index in [-0.39, 0.29) is 11.5 Å². The van der Waals surface area contributed by atoms with Gasteiger partial charge < -0.3 is 11.1 Å². The number of carbonyl (C=O) groups is 1. The van der Waals surface area contributed by atoms with Gasteiger partial charge in [-0.3, -0.25) is 4.79 Å². The van der Waals surface area contributed by atoms with Gasteiger partial charge in [0.15, 0.2) is 5.82 Å². The fourth-order valence-electron chi connectivity index (χ4n) is 1.67. The molecule has 1 aromatic carbocycles. The lowest BCUT2D eigenvalue weighted by Crippen LogP contribution is -2.14. The Morgan fingerprint density at radius 2 is 1.81 bits per heavy atom. The van der Waals surface area contributed by atoms with Gasteiger partial charge in [-0.15, -0.1) is 0 Å². The Kier molecular flexibility index (Phi) is 3.26. The molecule has 21 heavy (non-hydrogen) atoms. The summed E-state index contributed by atoms with van der Waals surface area (Å²) < 4.78 is 4.36. The third-order valence-electron chi connectivity index (χ3n) is 2.67. The lowest BCUT2D eigenvalue weighted by Gasteiger charge is -2.03. The molecular formula is C13H10N6O2. The molecule has 0 atom stereocenters. The normalized spacial score (nSPS) is 10.3. The van der Waals surface area contributed by atoms with Gasteiger partial charge in [0.25, 0.3) is 5.91 Å². The first-order chi connectivity index (χ1) is 10.2. The van der Waals surface area contributed by atoms with E-state index in [0.29, 0.717) is 11.5 Å². The van der Waals surface area contributed by atoms with Crippen LogP contribution in [0.4, 0.5) is 11.5 Å². The summed E-state index contributed by atoms with van der Waals surface area (Å²) >= 11 is 0. The smallest absolute Gasteiger partial charge is 0.281 e. The number of hydrogen-bond donors (Lipinski definition) is 2. The number of nitrogens with zero attached hydrogens (tertiary/aromatic N) is 4. The number of benzene rings is 1. The topological polar surface area (TPSA) is 120 Å². The first-order valence-corrected chi connectivity index (χ1v) is 6.01. The summed E-state index contributed by atoms with van der Waals surface area (Å²) in [5.74, 6) is -0.0460. The number of nitrogens with two attached hydrogens (primary N) is 1.